The molecular formula is C20H21N5O2. The highest BCUT2D eigenvalue weighted by Crippen LogP contribution is 2.42. The Morgan fingerprint density at radius 1 is 1.15 bits per heavy atom. The van der Waals surface area contributed by atoms with Gasteiger partial charge >= 0.3 is 6.03 Å². The number of carbonyl (C=O) groups is 2. The summed E-state index contributed by atoms with van der Waals surface area (Å²) in [5.41, 5.74) is 1.89. The van der Waals surface area contributed by atoms with E-state index in [1.165, 1.54) is 0 Å². The number of hydrogen-bond donors (Lipinski definition) is 1. The zero-order valence-corrected chi connectivity index (χ0v) is 15.2. The van der Waals surface area contributed by atoms with Gasteiger partial charge in [0.05, 0.1) is 16.9 Å². The second kappa shape index (κ2) is 5.79. The fourth-order valence-electron chi connectivity index (χ4n) is 4.62. The summed E-state index contributed by atoms with van der Waals surface area (Å²) in [6.07, 6.45) is 2.64. The molecule has 0 atom stereocenters. The van der Waals surface area contributed by atoms with Crippen LogP contribution in [0.25, 0.3) is 0 Å². The predicted molar refractivity (Wildman–Crippen MR) is 102 cm³/mol. The van der Waals surface area contributed by atoms with E-state index in [-0.39, 0.29) is 17.4 Å². The van der Waals surface area contributed by atoms with E-state index in [2.05, 4.69) is 22.2 Å². The minimum atomic E-state index is -0.251. The highest BCUT2D eigenvalue weighted by molar-refractivity contribution is 6.16. The largest absolute Gasteiger partial charge is 0.330 e. The summed E-state index contributed by atoms with van der Waals surface area (Å²) in [6, 6.07) is 10.7. The van der Waals surface area contributed by atoms with Gasteiger partial charge in [0.25, 0.3) is 5.91 Å². The number of hydrogen-bond acceptors (Lipinski definition) is 4. The number of likely N-dealkylation sites (tertiary alicyclic amines) is 2. The Balaban J connectivity index is 1.56. The molecule has 2 fully saturated rings. The minimum absolute atomic E-state index is 0.120. The highest BCUT2D eigenvalue weighted by atomic mass is 16.2. The Kier molecular flexibility index (Phi) is 3.48. The van der Waals surface area contributed by atoms with Gasteiger partial charge in [0.1, 0.15) is 0 Å². The molecule has 0 bridgehead atoms. The molecule has 27 heavy (non-hydrogen) atoms. The van der Waals surface area contributed by atoms with E-state index in [1.807, 2.05) is 29.2 Å². The summed E-state index contributed by atoms with van der Waals surface area (Å²) in [4.78, 5) is 36.4. The van der Waals surface area contributed by atoms with Crippen LogP contribution >= 0.6 is 0 Å². The number of nitrogens with zero attached hydrogens (tertiary/aromatic N) is 4. The zero-order valence-electron chi connectivity index (χ0n) is 15.2. The van der Waals surface area contributed by atoms with E-state index < -0.39 is 0 Å². The monoisotopic (exact) mass is 363 g/mol. The van der Waals surface area contributed by atoms with Gasteiger partial charge in [0.2, 0.25) is 0 Å². The third-order valence-electron chi connectivity index (χ3n) is 5.75. The normalized spacial score (nSPS) is 20.6. The molecule has 2 aromatic rings. The van der Waals surface area contributed by atoms with Crippen LogP contribution in [0.3, 0.4) is 0 Å². The van der Waals surface area contributed by atoms with Crippen molar-refractivity contribution in [1.29, 1.82) is 0 Å². The molecule has 3 aliphatic heterocycles. The van der Waals surface area contributed by atoms with E-state index in [9.17, 15) is 9.59 Å². The zero-order chi connectivity index (χ0) is 18.6. The van der Waals surface area contributed by atoms with Crippen LogP contribution in [0.15, 0.2) is 42.6 Å². The maximum atomic E-state index is 13.6. The van der Waals surface area contributed by atoms with Crippen LogP contribution in [0, 0.1) is 5.41 Å². The summed E-state index contributed by atoms with van der Waals surface area (Å²) in [7, 11) is 2.11. The van der Waals surface area contributed by atoms with Crippen molar-refractivity contribution in [3.63, 3.8) is 0 Å². The molecule has 4 heterocycles. The fourth-order valence-corrected chi connectivity index (χ4v) is 4.62. The molecule has 1 aromatic heterocycles. The number of urea groups is 1. The number of pyridine rings is 1. The Morgan fingerprint density at radius 2 is 1.96 bits per heavy atom. The van der Waals surface area contributed by atoms with Crippen LogP contribution in [0.4, 0.5) is 22.0 Å². The van der Waals surface area contributed by atoms with Crippen LogP contribution in [0.2, 0.25) is 0 Å². The summed E-state index contributed by atoms with van der Waals surface area (Å²) < 4.78 is 0. The lowest BCUT2D eigenvalue weighted by Crippen LogP contribution is -2.56. The SMILES string of the molecule is CN1CC2(CCN(C(=O)N3c4ccccc4NC(=O)c4cccnc43)C2)C1. The lowest BCUT2D eigenvalue weighted by atomic mass is 9.79. The van der Waals surface area contributed by atoms with Gasteiger partial charge in [-0.15, -0.1) is 0 Å². The fraction of sp³-hybridized carbons (Fsp3) is 0.350. The average molecular weight is 363 g/mol. The number of rotatable bonds is 0. The van der Waals surface area contributed by atoms with Crippen LogP contribution in [0.5, 0.6) is 0 Å². The lowest BCUT2D eigenvalue weighted by molar-refractivity contribution is 0.0339. The van der Waals surface area contributed by atoms with Gasteiger partial charge < -0.3 is 15.1 Å². The van der Waals surface area contributed by atoms with Crippen molar-refractivity contribution < 1.29 is 9.59 Å². The average Bonchev–Trinajstić information content (AvgIpc) is 3.03. The number of amides is 3. The smallest absolute Gasteiger partial charge is 0.323 e. The highest BCUT2D eigenvalue weighted by Gasteiger charge is 2.48. The second-order valence-electron chi connectivity index (χ2n) is 7.81. The van der Waals surface area contributed by atoms with E-state index in [0.29, 0.717) is 22.8 Å². The van der Waals surface area contributed by atoms with Crippen LogP contribution < -0.4 is 10.2 Å². The van der Waals surface area contributed by atoms with E-state index in [1.54, 1.807) is 23.2 Å². The van der Waals surface area contributed by atoms with Crippen molar-refractivity contribution in [1.82, 2.24) is 14.8 Å². The van der Waals surface area contributed by atoms with Crippen molar-refractivity contribution in [3.05, 3.63) is 48.2 Å². The van der Waals surface area contributed by atoms with Crippen molar-refractivity contribution in [3.8, 4) is 0 Å². The number of fused-ring (bicyclic) bond motifs is 2. The van der Waals surface area contributed by atoms with Crippen LogP contribution in [-0.4, -0.2) is 59.9 Å². The number of anilines is 3. The van der Waals surface area contributed by atoms with E-state index in [0.717, 1.165) is 32.6 Å². The maximum Gasteiger partial charge on any atom is 0.330 e. The molecule has 0 radical (unpaired) electrons. The molecule has 138 valence electrons. The Morgan fingerprint density at radius 3 is 2.78 bits per heavy atom. The number of para-hydroxylation sites is 2. The molecule has 7 heteroatoms. The van der Waals surface area contributed by atoms with E-state index >= 15 is 0 Å². The van der Waals surface area contributed by atoms with Gasteiger partial charge in [-0.1, -0.05) is 12.1 Å². The molecule has 7 nitrogen and oxygen atoms in total. The number of nitrogens with one attached hydrogen (secondary N) is 1. The molecule has 5 rings (SSSR count). The van der Waals surface area contributed by atoms with Crippen molar-refractivity contribution >= 4 is 29.1 Å². The van der Waals surface area contributed by atoms with Crippen molar-refractivity contribution in [2.75, 3.05) is 43.4 Å². The van der Waals surface area contributed by atoms with Gasteiger partial charge in [-0.05, 0) is 37.7 Å². The first-order chi connectivity index (χ1) is 13.1. The van der Waals surface area contributed by atoms with Gasteiger partial charge in [0.15, 0.2) is 5.82 Å². The number of aromatic nitrogens is 1. The maximum absolute atomic E-state index is 13.6. The first-order valence-corrected chi connectivity index (χ1v) is 9.19. The third-order valence-corrected chi connectivity index (χ3v) is 5.75. The van der Waals surface area contributed by atoms with Gasteiger partial charge in [-0.3, -0.25) is 4.79 Å². The predicted octanol–water partition coefficient (Wildman–Crippen LogP) is 2.54. The van der Waals surface area contributed by atoms with Crippen LogP contribution in [-0.2, 0) is 0 Å². The van der Waals surface area contributed by atoms with Crippen LogP contribution in [0.1, 0.15) is 16.8 Å². The molecule has 0 unspecified atom stereocenters. The second-order valence-corrected chi connectivity index (χ2v) is 7.81. The Labute approximate surface area is 157 Å². The molecule has 1 N–H and O–H groups in total. The van der Waals surface area contributed by atoms with E-state index in [4.69, 9.17) is 0 Å². The molecule has 1 spiro atoms. The van der Waals surface area contributed by atoms with Gasteiger partial charge in [-0.2, -0.15) is 0 Å². The topological polar surface area (TPSA) is 68.8 Å². The quantitative estimate of drug-likeness (QED) is 0.781. The lowest BCUT2D eigenvalue weighted by Gasteiger charge is -2.46. The number of carbonyl (C=O) groups excluding carboxylic acids is 2. The molecule has 3 amide bonds. The van der Waals surface area contributed by atoms with Crippen molar-refractivity contribution in [2.45, 2.75) is 6.42 Å². The third kappa shape index (κ3) is 2.49. The first-order valence-electron chi connectivity index (χ1n) is 9.19. The molecular weight excluding hydrogens is 342 g/mol. The number of benzene rings is 1. The molecule has 0 aliphatic carbocycles. The minimum Gasteiger partial charge on any atom is -0.323 e. The van der Waals surface area contributed by atoms with Crippen molar-refractivity contribution in [2.24, 2.45) is 5.41 Å². The summed E-state index contributed by atoms with van der Waals surface area (Å²) in [6.45, 7) is 3.54. The molecule has 0 saturated carbocycles. The van der Waals surface area contributed by atoms with Gasteiger partial charge in [0, 0.05) is 37.8 Å². The first kappa shape index (κ1) is 16.3. The molecule has 2 saturated heterocycles. The standard InChI is InChI=1S/C20H21N5O2/c1-23-11-20(12-23)8-10-24(13-20)19(27)25-16-7-3-2-6-15(16)22-18(26)14-5-4-9-21-17(14)25/h2-7,9H,8,10-13H2,1H3,(H,22,26). The van der Waals surface area contributed by atoms with Gasteiger partial charge in [-0.25, -0.2) is 14.7 Å². The molecule has 3 aliphatic rings. The summed E-state index contributed by atoms with van der Waals surface area (Å²) >= 11 is 0. The summed E-state index contributed by atoms with van der Waals surface area (Å²) in [5.74, 6) is 0.135. The summed E-state index contributed by atoms with van der Waals surface area (Å²) in [5, 5.41) is 2.90. The Hall–Kier alpha value is -2.93. The molecule has 1 aromatic carbocycles. The Bertz CT molecular complexity index is 937.